The summed E-state index contributed by atoms with van der Waals surface area (Å²) in [6.45, 7) is 1.93. The Balaban J connectivity index is 2.03. The van der Waals surface area contributed by atoms with E-state index in [1.54, 1.807) is 0 Å². The van der Waals surface area contributed by atoms with Gasteiger partial charge in [0.15, 0.2) is 5.69 Å². The molecule has 0 saturated heterocycles. The molecule has 0 amide bonds. The number of nitrogens with zero attached hydrogens (tertiary/aromatic N) is 2. The molecule has 0 spiro atoms. The maximum Gasteiger partial charge on any atom is 0.435 e. The molecule has 1 heterocycles. The molecule has 0 unspecified atom stereocenters. The average Bonchev–Trinajstić information content (AvgIpc) is 3.08. The van der Waals surface area contributed by atoms with Gasteiger partial charge in [-0.3, -0.25) is 0 Å². The number of nitrogens with one attached hydrogen (secondary N) is 1. The van der Waals surface area contributed by atoms with Gasteiger partial charge in [-0.05, 0) is 49.9 Å². The third-order valence-corrected chi connectivity index (χ3v) is 5.67. The average molecular weight is 409 g/mol. The van der Waals surface area contributed by atoms with Crippen LogP contribution in [0.4, 0.5) is 13.2 Å². The Labute approximate surface area is 160 Å². The summed E-state index contributed by atoms with van der Waals surface area (Å²) in [6, 6.07) is 14.0. The van der Waals surface area contributed by atoms with Crippen LogP contribution in [0, 0.1) is 6.92 Å². The van der Waals surface area contributed by atoms with Crippen molar-refractivity contribution in [2.75, 3.05) is 7.05 Å². The van der Waals surface area contributed by atoms with Gasteiger partial charge in [-0.1, -0.05) is 29.8 Å². The van der Waals surface area contributed by atoms with Crippen molar-refractivity contribution in [1.82, 2.24) is 14.5 Å². The molecule has 0 atom stereocenters. The number of hydrogen-bond acceptors (Lipinski definition) is 3. The second-order valence-electron chi connectivity index (χ2n) is 6.29. The molecule has 0 aliphatic carbocycles. The summed E-state index contributed by atoms with van der Waals surface area (Å²) in [4.78, 5) is 0.0158. The maximum atomic E-state index is 13.2. The number of halogens is 3. The lowest BCUT2D eigenvalue weighted by Gasteiger charge is -2.09. The van der Waals surface area contributed by atoms with Gasteiger partial charge in [0.2, 0.25) is 10.0 Å². The first kappa shape index (κ1) is 20.1. The summed E-state index contributed by atoms with van der Waals surface area (Å²) in [6.07, 6.45) is -4.33. The number of rotatable bonds is 5. The molecule has 0 aliphatic heterocycles. The van der Waals surface area contributed by atoms with E-state index in [0.717, 1.165) is 17.2 Å². The van der Waals surface area contributed by atoms with Crippen LogP contribution in [0.3, 0.4) is 0 Å². The molecule has 3 rings (SSSR count). The summed E-state index contributed by atoms with van der Waals surface area (Å²) in [5, 5.41) is 3.70. The van der Waals surface area contributed by atoms with Crippen LogP contribution in [0.15, 0.2) is 59.5 Å². The Morgan fingerprint density at radius 2 is 1.64 bits per heavy atom. The highest BCUT2D eigenvalue weighted by atomic mass is 32.2. The fourth-order valence-electron chi connectivity index (χ4n) is 2.71. The van der Waals surface area contributed by atoms with E-state index in [1.807, 2.05) is 31.2 Å². The van der Waals surface area contributed by atoms with Gasteiger partial charge in [0.25, 0.3) is 0 Å². The normalized spacial score (nSPS) is 12.3. The number of aromatic nitrogens is 2. The first-order valence-corrected chi connectivity index (χ1v) is 9.84. The zero-order valence-corrected chi connectivity index (χ0v) is 16.0. The second-order valence-corrected chi connectivity index (χ2v) is 8.18. The third kappa shape index (κ3) is 4.26. The molecule has 0 fully saturated rings. The van der Waals surface area contributed by atoms with E-state index in [9.17, 15) is 21.6 Å². The Morgan fingerprint density at radius 1 is 1.04 bits per heavy atom. The molecule has 9 heteroatoms. The maximum absolute atomic E-state index is 13.2. The first-order chi connectivity index (χ1) is 13.1. The summed E-state index contributed by atoms with van der Waals surface area (Å²) >= 11 is 0. The Hall–Kier alpha value is -2.65. The largest absolute Gasteiger partial charge is 0.435 e. The van der Waals surface area contributed by atoms with Gasteiger partial charge in [0.1, 0.15) is 0 Å². The number of aryl methyl sites for hydroxylation is 1. The summed E-state index contributed by atoms with van der Waals surface area (Å²) in [7, 11) is -2.35. The van der Waals surface area contributed by atoms with Gasteiger partial charge < -0.3 is 0 Å². The zero-order valence-electron chi connectivity index (χ0n) is 15.2. The first-order valence-electron chi connectivity index (χ1n) is 8.36. The minimum atomic E-state index is -4.58. The lowest BCUT2D eigenvalue weighted by molar-refractivity contribution is -0.141. The molecular formula is C19H18F3N3O2S. The third-order valence-electron chi connectivity index (χ3n) is 4.24. The Kier molecular flexibility index (Phi) is 5.31. The number of sulfonamides is 1. The van der Waals surface area contributed by atoms with E-state index in [0.29, 0.717) is 11.4 Å². The lowest BCUT2D eigenvalue weighted by atomic mass is 10.1. The molecule has 3 aromatic rings. The molecule has 1 aromatic heterocycles. The van der Waals surface area contributed by atoms with E-state index in [4.69, 9.17) is 0 Å². The SMILES string of the molecule is CNS(=O)(=O)c1ccc(-n2nc(C(F)(F)F)cc2Cc2ccc(C)cc2)cc1. The molecule has 148 valence electrons. The fraction of sp³-hybridized carbons (Fsp3) is 0.211. The minimum Gasteiger partial charge on any atom is -0.237 e. The van der Waals surface area contributed by atoms with E-state index in [2.05, 4.69) is 9.82 Å². The van der Waals surface area contributed by atoms with Crippen molar-refractivity contribution in [1.29, 1.82) is 0 Å². The molecule has 0 radical (unpaired) electrons. The highest BCUT2D eigenvalue weighted by Crippen LogP contribution is 2.30. The topological polar surface area (TPSA) is 64.0 Å². The van der Waals surface area contributed by atoms with E-state index in [-0.39, 0.29) is 11.3 Å². The minimum absolute atomic E-state index is 0.0158. The zero-order chi connectivity index (χ0) is 20.5. The molecule has 0 saturated carbocycles. The van der Waals surface area contributed by atoms with E-state index < -0.39 is 21.9 Å². The lowest BCUT2D eigenvalue weighted by Crippen LogP contribution is -2.18. The van der Waals surface area contributed by atoms with Gasteiger partial charge in [0, 0.05) is 12.1 Å². The van der Waals surface area contributed by atoms with Crippen molar-refractivity contribution in [3.8, 4) is 5.69 Å². The molecular weight excluding hydrogens is 391 g/mol. The molecule has 1 N–H and O–H groups in total. The molecule has 28 heavy (non-hydrogen) atoms. The van der Waals surface area contributed by atoms with Crippen LogP contribution in [0.5, 0.6) is 0 Å². The van der Waals surface area contributed by atoms with Crippen LogP contribution in [-0.4, -0.2) is 25.2 Å². The van der Waals surface area contributed by atoms with Crippen LogP contribution in [-0.2, 0) is 22.6 Å². The Bertz CT molecular complexity index is 1070. The number of benzene rings is 2. The second kappa shape index (κ2) is 7.40. The van der Waals surface area contributed by atoms with Crippen molar-refractivity contribution >= 4 is 10.0 Å². The van der Waals surface area contributed by atoms with Crippen molar-refractivity contribution in [2.24, 2.45) is 0 Å². The van der Waals surface area contributed by atoms with Gasteiger partial charge in [0.05, 0.1) is 10.6 Å². The smallest absolute Gasteiger partial charge is 0.237 e. The number of hydrogen-bond donors (Lipinski definition) is 1. The van der Waals surface area contributed by atoms with Crippen molar-refractivity contribution < 1.29 is 21.6 Å². The summed E-state index contributed by atoms with van der Waals surface area (Å²) in [5.41, 5.74) is 1.58. The van der Waals surface area contributed by atoms with Gasteiger partial charge >= 0.3 is 6.18 Å². The highest BCUT2D eigenvalue weighted by Gasteiger charge is 2.35. The molecule has 0 aliphatic rings. The van der Waals surface area contributed by atoms with Crippen LogP contribution < -0.4 is 4.72 Å². The van der Waals surface area contributed by atoms with Crippen molar-refractivity contribution in [2.45, 2.75) is 24.4 Å². The predicted molar refractivity (Wildman–Crippen MR) is 98.8 cm³/mol. The standard InChI is InChI=1S/C19H18F3N3O2S/c1-13-3-5-14(6-4-13)11-16-12-18(19(20,21)22)24-25(16)15-7-9-17(10-8-15)28(26,27)23-2/h3-10,12,23H,11H2,1-2H3. The van der Waals surface area contributed by atoms with Gasteiger partial charge in [-0.25, -0.2) is 17.8 Å². The van der Waals surface area contributed by atoms with Crippen LogP contribution in [0.2, 0.25) is 0 Å². The predicted octanol–water partition coefficient (Wildman–Crippen LogP) is 3.70. The van der Waals surface area contributed by atoms with Crippen molar-refractivity contribution in [3.05, 3.63) is 77.1 Å². The molecule has 0 bridgehead atoms. The van der Waals surface area contributed by atoms with Gasteiger partial charge in [-0.15, -0.1) is 0 Å². The van der Waals surface area contributed by atoms with Gasteiger partial charge in [-0.2, -0.15) is 18.3 Å². The van der Waals surface area contributed by atoms with Crippen molar-refractivity contribution in [3.63, 3.8) is 0 Å². The Morgan fingerprint density at radius 3 is 2.18 bits per heavy atom. The van der Waals surface area contributed by atoms with Crippen LogP contribution in [0.25, 0.3) is 5.69 Å². The monoisotopic (exact) mass is 409 g/mol. The van der Waals surface area contributed by atoms with E-state index >= 15 is 0 Å². The molecule has 5 nitrogen and oxygen atoms in total. The summed E-state index contributed by atoms with van der Waals surface area (Å²) in [5.74, 6) is 0. The highest BCUT2D eigenvalue weighted by molar-refractivity contribution is 7.89. The summed E-state index contributed by atoms with van der Waals surface area (Å²) < 4.78 is 66.6. The number of alkyl halides is 3. The molecule has 2 aromatic carbocycles. The van der Waals surface area contributed by atoms with Crippen LogP contribution >= 0.6 is 0 Å². The van der Waals surface area contributed by atoms with Crippen LogP contribution in [0.1, 0.15) is 22.5 Å². The fourth-order valence-corrected chi connectivity index (χ4v) is 3.44. The van der Waals surface area contributed by atoms with E-state index in [1.165, 1.54) is 36.0 Å². The quantitative estimate of drug-likeness (QED) is 0.699.